The maximum atomic E-state index is 11.6. The Morgan fingerprint density at radius 3 is 3.06 bits per heavy atom. The summed E-state index contributed by atoms with van der Waals surface area (Å²) in [5.41, 5.74) is 0.494. The van der Waals surface area contributed by atoms with Gasteiger partial charge in [-0.1, -0.05) is 6.58 Å². The second kappa shape index (κ2) is 2.57. The van der Waals surface area contributed by atoms with Crippen molar-refractivity contribution < 1.29 is 19.1 Å². The molecule has 3 saturated carbocycles. The molecule has 17 heavy (non-hydrogen) atoms. The summed E-state index contributed by atoms with van der Waals surface area (Å²) in [6.45, 7) is 5.22. The van der Waals surface area contributed by atoms with E-state index in [0.29, 0.717) is 17.4 Å². The van der Waals surface area contributed by atoms with E-state index in [4.69, 9.17) is 9.47 Å². The molecule has 1 aliphatic heterocycles. The van der Waals surface area contributed by atoms with Crippen LogP contribution in [0.5, 0.6) is 0 Å². The summed E-state index contributed by atoms with van der Waals surface area (Å²) >= 11 is 0. The quantitative estimate of drug-likeness (QED) is 0.529. The average Bonchev–Trinajstić information content (AvgIpc) is 2.82. The molecule has 0 aromatic rings. The fraction of sp³-hybridized carbons (Fsp3) is 0.692. The number of hydrogen-bond donors (Lipinski definition) is 0. The first-order valence-corrected chi connectivity index (χ1v) is 6.12. The van der Waals surface area contributed by atoms with Gasteiger partial charge in [0.25, 0.3) is 0 Å². The maximum absolute atomic E-state index is 11.6. The second-order valence-corrected chi connectivity index (χ2v) is 5.89. The van der Waals surface area contributed by atoms with Crippen LogP contribution in [-0.4, -0.2) is 24.1 Å². The lowest BCUT2D eigenvalue weighted by Gasteiger charge is -2.46. The molecule has 1 spiro atoms. The van der Waals surface area contributed by atoms with E-state index in [2.05, 4.69) is 6.58 Å². The van der Waals surface area contributed by atoms with Gasteiger partial charge in [-0.2, -0.15) is 0 Å². The van der Waals surface area contributed by atoms with Gasteiger partial charge >= 0.3 is 11.9 Å². The molecule has 0 amide bonds. The van der Waals surface area contributed by atoms with E-state index in [1.165, 1.54) is 0 Å². The lowest BCUT2D eigenvalue weighted by atomic mass is 9.64. The standard InChI is InChI=1S/C13H14O4/c1-5(2)11(14)17-10-9-8-7(12(15)16-9)3-6-4-13(6,8)10/h6-10H,1,3-4H2,2H3/t6?,7?,8?,9?,10?,13-/m0/s1. The number of esters is 2. The van der Waals surface area contributed by atoms with Crippen molar-refractivity contribution in [1.29, 1.82) is 0 Å². The van der Waals surface area contributed by atoms with Crippen molar-refractivity contribution in [2.75, 3.05) is 0 Å². The molecule has 3 aliphatic carbocycles. The van der Waals surface area contributed by atoms with Gasteiger partial charge in [-0.15, -0.1) is 0 Å². The van der Waals surface area contributed by atoms with Gasteiger partial charge in [0, 0.05) is 16.9 Å². The van der Waals surface area contributed by atoms with Gasteiger partial charge in [0.1, 0.15) is 12.2 Å². The molecule has 0 aromatic carbocycles. The molecule has 4 rings (SSSR count). The zero-order valence-corrected chi connectivity index (χ0v) is 9.64. The zero-order chi connectivity index (χ0) is 11.9. The summed E-state index contributed by atoms with van der Waals surface area (Å²) in [7, 11) is 0. The third-order valence-corrected chi connectivity index (χ3v) is 5.11. The SMILES string of the molecule is C=C(C)C(=O)OC1C2OC(=O)C3CC4C[C@@]41C32. The first kappa shape index (κ1) is 9.68. The number of rotatable bonds is 2. The minimum absolute atomic E-state index is 0.0820. The van der Waals surface area contributed by atoms with Crippen LogP contribution in [0.25, 0.3) is 0 Å². The van der Waals surface area contributed by atoms with Gasteiger partial charge in [-0.25, -0.2) is 4.79 Å². The van der Waals surface area contributed by atoms with E-state index in [1.807, 2.05) is 0 Å². The fourth-order valence-corrected chi connectivity index (χ4v) is 4.35. The Labute approximate surface area is 99.0 Å². The fourth-order valence-electron chi connectivity index (χ4n) is 4.35. The summed E-state index contributed by atoms with van der Waals surface area (Å²) < 4.78 is 10.8. The maximum Gasteiger partial charge on any atom is 0.333 e. The van der Waals surface area contributed by atoms with Gasteiger partial charge in [-0.3, -0.25) is 4.79 Å². The average molecular weight is 234 g/mol. The number of carbonyl (C=O) groups is 2. The Hall–Kier alpha value is -1.32. The van der Waals surface area contributed by atoms with Gasteiger partial charge in [0.2, 0.25) is 0 Å². The van der Waals surface area contributed by atoms with Crippen molar-refractivity contribution in [1.82, 2.24) is 0 Å². The predicted octanol–water partition coefficient (Wildman–Crippen LogP) is 1.06. The van der Waals surface area contributed by atoms with Crippen LogP contribution in [-0.2, 0) is 19.1 Å². The van der Waals surface area contributed by atoms with Crippen molar-refractivity contribution in [3.05, 3.63) is 12.2 Å². The Morgan fingerprint density at radius 1 is 1.59 bits per heavy atom. The minimum atomic E-state index is -0.361. The third kappa shape index (κ3) is 0.884. The van der Waals surface area contributed by atoms with Crippen LogP contribution in [0.4, 0.5) is 0 Å². The number of hydrogen-bond acceptors (Lipinski definition) is 4. The van der Waals surface area contributed by atoms with Crippen molar-refractivity contribution >= 4 is 11.9 Å². The Morgan fingerprint density at radius 2 is 2.35 bits per heavy atom. The summed E-state index contributed by atoms with van der Waals surface area (Å²) in [4.78, 5) is 23.2. The van der Waals surface area contributed by atoms with Crippen molar-refractivity contribution in [2.45, 2.75) is 32.0 Å². The third-order valence-electron chi connectivity index (χ3n) is 5.11. The molecule has 5 unspecified atom stereocenters. The first-order valence-electron chi connectivity index (χ1n) is 6.12. The van der Waals surface area contributed by atoms with E-state index in [1.54, 1.807) is 6.92 Å². The van der Waals surface area contributed by atoms with Crippen LogP contribution in [0, 0.1) is 23.2 Å². The summed E-state index contributed by atoms with van der Waals surface area (Å²) in [6.07, 6.45) is 1.64. The highest BCUT2D eigenvalue weighted by molar-refractivity contribution is 5.87. The molecule has 90 valence electrons. The Balaban J connectivity index is 1.61. The normalized spacial score (nSPS) is 52.1. The molecular formula is C13H14O4. The monoisotopic (exact) mass is 234 g/mol. The summed E-state index contributed by atoms with van der Waals surface area (Å²) in [5.74, 6) is 0.534. The molecule has 1 heterocycles. The molecule has 0 radical (unpaired) electrons. The van der Waals surface area contributed by atoms with Gasteiger partial charge in [-0.05, 0) is 25.7 Å². The molecule has 0 aromatic heterocycles. The van der Waals surface area contributed by atoms with Crippen molar-refractivity contribution in [3.8, 4) is 0 Å². The molecule has 4 heteroatoms. The zero-order valence-electron chi connectivity index (χ0n) is 9.64. The molecular weight excluding hydrogens is 220 g/mol. The van der Waals surface area contributed by atoms with E-state index < -0.39 is 0 Å². The first-order chi connectivity index (χ1) is 8.05. The van der Waals surface area contributed by atoms with Gasteiger partial charge < -0.3 is 9.47 Å². The molecule has 4 fully saturated rings. The van der Waals surface area contributed by atoms with Crippen LogP contribution in [0.3, 0.4) is 0 Å². The summed E-state index contributed by atoms with van der Waals surface area (Å²) in [5, 5.41) is 0. The topological polar surface area (TPSA) is 52.6 Å². The van der Waals surface area contributed by atoms with E-state index in [9.17, 15) is 9.59 Å². The van der Waals surface area contributed by atoms with Crippen LogP contribution >= 0.6 is 0 Å². The lowest BCUT2D eigenvalue weighted by Crippen LogP contribution is -2.58. The largest absolute Gasteiger partial charge is 0.458 e. The van der Waals surface area contributed by atoms with E-state index in [-0.39, 0.29) is 35.5 Å². The highest BCUT2D eigenvalue weighted by Crippen LogP contribution is 2.80. The van der Waals surface area contributed by atoms with Crippen LogP contribution < -0.4 is 0 Å². The molecule has 6 atom stereocenters. The van der Waals surface area contributed by atoms with Gasteiger partial charge in [0.05, 0.1) is 5.92 Å². The van der Waals surface area contributed by atoms with Crippen LogP contribution in [0.1, 0.15) is 19.8 Å². The molecule has 0 N–H and O–H groups in total. The Kier molecular flexibility index (Phi) is 1.47. The second-order valence-electron chi connectivity index (χ2n) is 5.89. The minimum Gasteiger partial charge on any atom is -0.458 e. The number of carbonyl (C=O) groups excluding carboxylic acids is 2. The van der Waals surface area contributed by atoms with Gasteiger partial charge in [0.15, 0.2) is 0 Å². The highest BCUT2D eigenvalue weighted by atomic mass is 16.6. The molecule has 4 nitrogen and oxygen atoms in total. The molecule has 4 aliphatic rings. The number of ether oxygens (including phenoxy) is 2. The van der Waals surface area contributed by atoms with Crippen molar-refractivity contribution in [3.63, 3.8) is 0 Å². The molecule has 0 bridgehead atoms. The highest BCUT2D eigenvalue weighted by Gasteiger charge is 2.85. The smallest absolute Gasteiger partial charge is 0.333 e. The van der Waals surface area contributed by atoms with Crippen LogP contribution in [0.15, 0.2) is 12.2 Å². The van der Waals surface area contributed by atoms with Crippen LogP contribution in [0.2, 0.25) is 0 Å². The van der Waals surface area contributed by atoms with E-state index in [0.717, 1.165) is 12.8 Å². The Bertz CT molecular complexity index is 468. The summed E-state index contributed by atoms with van der Waals surface area (Å²) in [6, 6.07) is 0. The molecule has 1 saturated heterocycles. The van der Waals surface area contributed by atoms with Crippen molar-refractivity contribution in [2.24, 2.45) is 23.2 Å². The predicted molar refractivity (Wildman–Crippen MR) is 56.7 cm³/mol. The lowest BCUT2D eigenvalue weighted by molar-refractivity contribution is -0.194. The van der Waals surface area contributed by atoms with E-state index >= 15 is 0 Å².